The lowest BCUT2D eigenvalue weighted by Gasteiger charge is -2.09. The van der Waals surface area contributed by atoms with E-state index < -0.39 is 0 Å². The molecule has 0 aliphatic heterocycles. The number of benzene rings is 2. The minimum Gasteiger partial charge on any atom is -0.319 e. The third-order valence-corrected chi connectivity index (χ3v) is 3.92. The molecule has 0 aliphatic carbocycles. The number of hydrogen-bond donors (Lipinski definition) is 1. The third kappa shape index (κ3) is 4.31. The molecular weight excluding hydrogens is 305 g/mol. The summed E-state index contributed by atoms with van der Waals surface area (Å²) in [6.07, 6.45) is 1.08. The molecule has 0 fully saturated rings. The highest BCUT2D eigenvalue weighted by atomic mass is 35.5. The monoisotopic (exact) mass is 321 g/mol. The van der Waals surface area contributed by atoms with Crippen molar-refractivity contribution in [1.29, 1.82) is 0 Å². The first-order chi connectivity index (χ1) is 10.1. The fraction of sp³-hybridized carbons (Fsp3) is 0.235. The van der Waals surface area contributed by atoms with E-state index in [1.807, 2.05) is 31.3 Å². The molecule has 4 heteroatoms. The van der Waals surface area contributed by atoms with Gasteiger partial charge < -0.3 is 5.32 Å². The van der Waals surface area contributed by atoms with Gasteiger partial charge in [-0.25, -0.2) is 0 Å². The number of likely N-dealkylation sites (N-methyl/N-ethyl adjacent to an activating group) is 1. The summed E-state index contributed by atoms with van der Waals surface area (Å²) in [6.45, 7) is 0.836. The third-order valence-electron chi connectivity index (χ3n) is 3.32. The van der Waals surface area contributed by atoms with Crippen LogP contribution in [0.1, 0.15) is 21.5 Å². The summed E-state index contributed by atoms with van der Waals surface area (Å²) in [7, 11) is 1.90. The summed E-state index contributed by atoms with van der Waals surface area (Å²) in [5, 5.41) is 4.26. The highest BCUT2D eigenvalue weighted by molar-refractivity contribution is 6.33. The smallest absolute Gasteiger partial charge is 0.167 e. The van der Waals surface area contributed by atoms with Crippen LogP contribution < -0.4 is 5.32 Å². The number of hydrogen-bond acceptors (Lipinski definition) is 2. The maximum atomic E-state index is 12.5. The van der Waals surface area contributed by atoms with Crippen LogP contribution >= 0.6 is 23.2 Å². The van der Waals surface area contributed by atoms with Gasteiger partial charge in [0.25, 0.3) is 0 Å². The number of Topliss-reactive ketones (excluding diaryl/α,β-unsaturated/α-hetero) is 1. The van der Waals surface area contributed by atoms with E-state index in [1.54, 1.807) is 18.2 Å². The Morgan fingerprint density at radius 1 is 1.10 bits per heavy atom. The van der Waals surface area contributed by atoms with Crippen LogP contribution in [0, 0.1) is 0 Å². The van der Waals surface area contributed by atoms with Crippen molar-refractivity contribution in [2.75, 3.05) is 13.6 Å². The Hall–Kier alpha value is -1.35. The van der Waals surface area contributed by atoms with Gasteiger partial charge in [-0.15, -0.1) is 0 Å². The summed E-state index contributed by atoms with van der Waals surface area (Å²) < 4.78 is 0. The topological polar surface area (TPSA) is 29.1 Å². The molecule has 0 amide bonds. The molecule has 0 aliphatic rings. The van der Waals surface area contributed by atoms with Crippen molar-refractivity contribution in [3.05, 3.63) is 69.2 Å². The van der Waals surface area contributed by atoms with Crippen molar-refractivity contribution in [3.63, 3.8) is 0 Å². The van der Waals surface area contributed by atoms with E-state index in [2.05, 4.69) is 5.32 Å². The van der Waals surface area contributed by atoms with Gasteiger partial charge in [-0.1, -0.05) is 47.5 Å². The fourth-order valence-electron chi connectivity index (χ4n) is 2.22. The number of rotatable bonds is 6. The van der Waals surface area contributed by atoms with Crippen molar-refractivity contribution in [2.45, 2.75) is 12.8 Å². The van der Waals surface area contributed by atoms with E-state index in [4.69, 9.17) is 23.2 Å². The van der Waals surface area contributed by atoms with Crippen LogP contribution in [-0.2, 0) is 12.8 Å². The fourth-order valence-corrected chi connectivity index (χ4v) is 2.60. The molecule has 0 atom stereocenters. The van der Waals surface area contributed by atoms with E-state index in [-0.39, 0.29) is 12.2 Å². The van der Waals surface area contributed by atoms with Gasteiger partial charge in [0.05, 0.1) is 0 Å². The van der Waals surface area contributed by atoms with Gasteiger partial charge in [-0.2, -0.15) is 0 Å². The largest absolute Gasteiger partial charge is 0.319 e. The van der Waals surface area contributed by atoms with Gasteiger partial charge in [-0.3, -0.25) is 4.79 Å². The molecule has 0 radical (unpaired) electrons. The van der Waals surface area contributed by atoms with Crippen molar-refractivity contribution < 1.29 is 4.79 Å². The summed E-state index contributed by atoms with van der Waals surface area (Å²) in [5.74, 6) is 0.0610. The Morgan fingerprint density at radius 2 is 1.86 bits per heavy atom. The van der Waals surface area contributed by atoms with Crippen molar-refractivity contribution in [1.82, 2.24) is 5.32 Å². The Labute approximate surface area is 135 Å². The molecule has 0 saturated heterocycles. The van der Waals surface area contributed by atoms with E-state index >= 15 is 0 Å². The Bertz CT molecular complexity index is 640. The molecule has 0 spiro atoms. The molecule has 110 valence electrons. The zero-order valence-electron chi connectivity index (χ0n) is 11.8. The molecule has 2 rings (SSSR count). The Balaban J connectivity index is 2.22. The maximum Gasteiger partial charge on any atom is 0.167 e. The van der Waals surface area contributed by atoms with Crippen LogP contribution in [0.15, 0.2) is 42.5 Å². The van der Waals surface area contributed by atoms with E-state index in [1.165, 1.54) is 0 Å². The van der Waals surface area contributed by atoms with E-state index in [0.717, 1.165) is 29.7 Å². The Morgan fingerprint density at radius 3 is 2.62 bits per heavy atom. The minimum absolute atomic E-state index is 0.0610. The second-order valence-electron chi connectivity index (χ2n) is 4.85. The molecule has 0 aromatic heterocycles. The van der Waals surface area contributed by atoms with Crippen LogP contribution in [-0.4, -0.2) is 19.4 Å². The molecule has 2 aromatic rings. The van der Waals surface area contributed by atoms with Crippen LogP contribution in [0.2, 0.25) is 10.0 Å². The predicted octanol–water partition coefficient (Wildman–Crippen LogP) is 4.18. The number of halogens is 2. The molecular formula is C17H17Cl2NO. The van der Waals surface area contributed by atoms with Crippen molar-refractivity contribution in [3.8, 4) is 0 Å². The van der Waals surface area contributed by atoms with Crippen LogP contribution in [0.4, 0.5) is 0 Å². The predicted molar refractivity (Wildman–Crippen MR) is 88.6 cm³/mol. The molecule has 1 N–H and O–H groups in total. The summed E-state index contributed by atoms with van der Waals surface area (Å²) in [6, 6.07) is 12.9. The van der Waals surface area contributed by atoms with Gasteiger partial charge >= 0.3 is 0 Å². The highest BCUT2D eigenvalue weighted by Gasteiger charge is 2.13. The average molecular weight is 322 g/mol. The highest BCUT2D eigenvalue weighted by Crippen LogP contribution is 2.23. The minimum atomic E-state index is 0.0610. The zero-order chi connectivity index (χ0) is 15.2. The van der Waals surface area contributed by atoms with Crippen LogP contribution in [0.5, 0.6) is 0 Å². The van der Waals surface area contributed by atoms with Crippen LogP contribution in [0.25, 0.3) is 0 Å². The van der Waals surface area contributed by atoms with E-state index in [0.29, 0.717) is 10.0 Å². The van der Waals surface area contributed by atoms with Gasteiger partial charge in [-0.05, 0) is 49.3 Å². The molecule has 0 heterocycles. The average Bonchev–Trinajstić information content (AvgIpc) is 2.49. The van der Waals surface area contributed by atoms with Gasteiger partial charge in [0.15, 0.2) is 5.78 Å². The SMILES string of the molecule is CNCCc1ccccc1C(=O)Cc1cc(Cl)ccc1Cl. The number of carbonyl (C=O) groups excluding carboxylic acids is 1. The lowest BCUT2D eigenvalue weighted by Crippen LogP contribution is -2.14. The molecule has 0 saturated carbocycles. The summed E-state index contributed by atoms with van der Waals surface area (Å²) in [5.41, 5.74) is 2.57. The normalized spacial score (nSPS) is 10.6. The Kier molecular flexibility index (Phi) is 5.80. The second-order valence-corrected chi connectivity index (χ2v) is 5.69. The van der Waals surface area contributed by atoms with Crippen molar-refractivity contribution >= 4 is 29.0 Å². The molecule has 0 bridgehead atoms. The first-order valence-electron chi connectivity index (χ1n) is 6.81. The number of carbonyl (C=O) groups is 1. The summed E-state index contributed by atoms with van der Waals surface area (Å²) >= 11 is 12.1. The molecule has 2 nitrogen and oxygen atoms in total. The zero-order valence-corrected chi connectivity index (χ0v) is 13.3. The first-order valence-corrected chi connectivity index (χ1v) is 7.57. The second kappa shape index (κ2) is 7.60. The molecule has 0 unspecified atom stereocenters. The van der Waals surface area contributed by atoms with Crippen molar-refractivity contribution in [2.24, 2.45) is 0 Å². The summed E-state index contributed by atoms with van der Waals surface area (Å²) in [4.78, 5) is 12.5. The molecule has 21 heavy (non-hydrogen) atoms. The quantitative estimate of drug-likeness (QED) is 0.808. The van der Waals surface area contributed by atoms with Crippen LogP contribution in [0.3, 0.4) is 0 Å². The van der Waals surface area contributed by atoms with Gasteiger partial charge in [0.2, 0.25) is 0 Å². The number of nitrogens with one attached hydrogen (secondary N) is 1. The lowest BCUT2D eigenvalue weighted by atomic mass is 9.97. The first kappa shape index (κ1) is 16.0. The molecule has 2 aromatic carbocycles. The van der Waals surface area contributed by atoms with Gasteiger partial charge in [0.1, 0.15) is 0 Å². The van der Waals surface area contributed by atoms with E-state index in [9.17, 15) is 4.79 Å². The number of ketones is 1. The van der Waals surface area contributed by atoms with Gasteiger partial charge in [0, 0.05) is 22.0 Å². The lowest BCUT2D eigenvalue weighted by molar-refractivity contribution is 0.0992. The maximum absolute atomic E-state index is 12.5. The standard InChI is InChI=1S/C17H17Cl2NO/c1-20-9-8-12-4-2-3-5-15(12)17(21)11-13-10-14(18)6-7-16(13)19/h2-7,10,20H,8-9,11H2,1H3.